The van der Waals surface area contributed by atoms with E-state index < -0.39 is 6.04 Å². The van der Waals surface area contributed by atoms with E-state index in [0.717, 1.165) is 17.7 Å². The summed E-state index contributed by atoms with van der Waals surface area (Å²) in [5, 5.41) is 0. The number of hydrogen-bond donors (Lipinski definition) is 1. The predicted molar refractivity (Wildman–Crippen MR) is 101 cm³/mol. The molecule has 142 valence electrons. The maximum absolute atomic E-state index is 12.9. The first-order valence-corrected chi connectivity index (χ1v) is 9.00. The number of amides is 2. The molecule has 2 amide bonds. The first-order valence-electron chi connectivity index (χ1n) is 9.00. The molecule has 1 saturated heterocycles. The van der Waals surface area contributed by atoms with E-state index in [9.17, 15) is 9.59 Å². The fourth-order valence-electron chi connectivity index (χ4n) is 3.21. The van der Waals surface area contributed by atoms with Crippen molar-refractivity contribution in [3.05, 3.63) is 65.2 Å². The Bertz CT molecular complexity index is 804. The molecule has 1 N–H and O–H groups in total. The molecule has 0 aromatic heterocycles. The van der Waals surface area contributed by atoms with Gasteiger partial charge in [0.05, 0.1) is 7.11 Å². The molecule has 1 fully saturated rings. The van der Waals surface area contributed by atoms with Crippen molar-refractivity contribution in [2.75, 3.05) is 13.7 Å². The van der Waals surface area contributed by atoms with Crippen molar-refractivity contribution in [3.63, 3.8) is 0 Å². The van der Waals surface area contributed by atoms with Crippen LogP contribution in [0.4, 0.5) is 0 Å². The number of carbonyl (C=O) groups excluding carboxylic acids is 2. The Kier molecular flexibility index (Phi) is 6.08. The van der Waals surface area contributed by atoms with E-state index in [0.29, 0.717) is 25.1 Å². The summed E-state index contributed by atoms with van der Waals surface area (Å²) in [6.45, 7) is 2.96. The monoisotopic (exact) mass is 368 g/mol. The summed E-state index contributed by atoms with van der Waals surface area (Å²) in [7, 11) is 1.39. The van der Waals surface area contributed by atoms with Gasteiger partial charge in [0, 0.05) is 12.1 Å². The Balaban J connectivity index is 1.68. The van der Waals surface area contributed by atoms with Gasteiger partial charge in [-0.15, -0.1) is 0 Å². The van der Waals surface area contributed by atoms with E-state index in [1.807, 2.05) is 49.4 Å². The van der Waals surface area contributed by atoms with Crippen LogP contribution in [-0.4, -0.2) is 36.4 Å². The molecule has 1 aliphatic heterocycles. The number of rotatable bonds is 6. The number of carbonyl (C=O) groups is 2. The van der Waals surface area contributed by atoms with Gasteiger partial charge in [-0.1, -0.05) is 29.8 Å². The molecule has 1 heterocycles. The Morgan fingerprint density at radius 3 is 2.70 bits per heavy atom. The molecule has 1 atom stereocenters. The Hall–Kier alpha value is -2.86. The zero-order valence-electron chi connectivity index (χ0n) is 15.6. The number of aryl methyl sites for hydroxylation is 1. The highest BCUT2D eigenvalue weighted by Crippen LogP contribution is 2.21. The first kappa shape index (κ1) is 18.9. The van der Waals surface area contributed by atoms with Gasteiger partial charge in [0.25, 0.3) is 11.8 Å². The van der Waals surface area contributed by atoms with Crippen LogP contribution in [-0.2, 0) is 16.2 Å². The minimum absolute atomic E-state index is 0.152. The number of hydrogen-bond acceptors (Lipinski definition) is 4. The molecule has 0 bridgehead atoms. The van der Waals surface area contributed by atoms with E-state index in [1.165, 1.54) is 12.7 Å². The summed E-state index contributed by atoms with van der Waals surface area (Å²) in [5.74, 6) is 0.344. The summed E-state index contributed by atoms with van der Waals surface area (Å²) < 4.78 is 5.79. The van der Waals surface area contributed by atoms with Crippen LogP contribution in [0.5, 0.6) is 5.75 Å². The van der Waals surface area contributed by atoms with Crippen LogP contribution in [0.1, 0.15) is 34.3 Å². The Morgan fingerprint density at radius 2 is 1.96 bits per heavy atom. The molecule has 0 unspecified atom stereocenters. The van der Waals surface area contributed by atoms with E-state index in [-0.39, 0.29) is 11.8 Å². The van der Waals surface area contributed by atoms with Gasteiger partial charge in [-0.2, -0.15) is 0 Å². The number of benzene rings is 2. The fourth-order valence-corrected chi connectivity index (χ4v) is 3.21. The van der Waals surface area contributed by atoms with Crippen molar-refractivity contribution >= 4 is 11.8 Å². The van der Waals surface area contributed by atoms with Crippen molar-refractivity contribution in [3.8, 4) is 5.75 Å². The third-order valence-electron chi connectivity index (χ3n) is 4.62. The van der Waals surface area contributed by atoms with Crippen molar-refractivity contribution in [1.29, 1.82) is 0 Å². The molecular weight excluding hydrogens is 344 g/mol. The molecule has 2 aromatic rings. The third-order valence-corrected chi connectivity index (χ3v) is 4.62. The molecular formula is C21H24N2O4. The minimum Gasteiger partial charge on any atom is -0.489 e. The third kappa shape index (κ3) is 4.65. The molecule has 0 radical (unpaired) electrons. The van der Waals surface area contributed by atoms with Crippen molar-refractivity contribution in [1.82, 2.24) is 10.4 Å². The van der Waals surface area contributed by atoms with Crippen molar-refractivity contribution < 1.29 is 19.2 Å². The van der Waals surface area contributed by atoms with Crippen LogP contribution in [0.25, 0.3) is 0 Å². The quantitative estimate of drug-likeness (QED) is 0.796. The molecule has 6 heteroatoms. The summed E-state index contributed by atoms with van der Waals surface area (Å²) in [4.78, 5) is 31.3. The van der Waals surface area contributed by atoms with Gasteiger partial charge in [-0.05, 0) is 49.6 Å². The normalized spacial score (nSPS) is 16.2. The average Bonchev–Trinajstić information content (AvgIpc) is 3.17. The van der Waals surface area contributed by atoms with Gasteiger partial charge in [-0.25, -0.2) is 5.48 Å². The van der Waals surface area contributed by atoms with Crippen LogP contribution in [0.2, 0.25) is 0 Å². The lowest BCUT2D eigenvalue weighted by atomic mass is 10.1. The summed E-state index contributed by atoms with van der Waals surface area (Å²) in [6.07, 6.45) is 1.43. The van der Waals surface area contributed by atoms with E-state index in [4.69, 9.17) is 9.57 Å². The largest absolute Gasteiger partial charge is 0.489 e. The summed E-state index contributed by atoms with van der Waals surface area (Å²) >= 11 is 0. The number of likely N-dealkylation sites (tertiary alicyclic amines) is 1. The Labute approximate surface area is 159 Å². The molecule has 6 nitrogen and oxygen atoms in total. The topological polar surface area (TPSA) is 67.9 Å². The molecule has 0 spiro atoms. The summed E-state index contributed by atoms with van der Waals surface area (Å²) in [6, 6.07) is 14.7. The highest BCUT2D eigenvalue weighted by Gasteiger charge is 2.34. The van der Waals surface area contributed by atoms with Crippen LogP contribution in [0, 0.1) is 6.92 Å². The predicted octanol–water partition coefficient (Wildman–Crippen LogP) is 2.86. The number of hydroxylamine groups is 1. The smallest absolute Gasteiger partial charge is 0.266 e. The molecule has 1 aliphatic rings. The van der Waals surface area contributed by atoms with Gasteiger partial charge in [0.1, 0.15) is 18.4 Å². The molecule has 0 saturated carbocycles. The van der Waals surface area contributed by atoms with Crippen LogP contribution >= 0.6 is 0 Å². The molecule has 3 rings (SSSR count). The fraction of sp³-hybridized carbons (Fsp3) is 0.333. The first-order chi connectivity index (χ1) is 13.1. The summed E-state index contributed by atoms with van der Waals surface area (Å²) in [5.41, 5.74) is 4.95. The second-order valence-corrected chi connectivity index (χ2v) is 6.63. The van der Waals surface area contributed by atoms with E-state index >= 15 is 0 Å². The lowest BCUT2D eigenvalue weighted by molar-refractivity contribution is -0.135. The van der Waals surface area contributed by atoms with Crippen LogP contribution in [0.3, 0.4) is 0 Å². The van der Waals surface area contributed by atoms with Crippen LogP contribution in [0.15, 0.2) is 48.5 Å². The highest BCUT2D eigenvalue weighted by molar-refractivity contribution is 5.97. The maximum atomic E-state index is 12.9. The SMILES string of the molecule is CONC(=O)[C@@H]1CCCN1C(=O)c1cccc(COc2ccc(C)cc2)c1. The van der Waals surface area contributed by atoms with Gasteiger partial charge < -0.3 is 9.64 Å². The average molecular weight is 368 g/mol. The molecule has 27 heavy (non-hydrogen) atoms. The lowest BCUT2D eigenvalue weighted by Gasteiger charge is -2.23. The number of ether oxygens (including phenoxy) is 1. The van der Waals surface area contributed by atoms with Crippen LogP contribution < -0.4 is 10.2 Å². The minimum atomic E-state index is -0.495. The Morgan fingerprint density at radius 1 is 1.19 bits per heavy atom. The lowest BCUT2D eigenvalue weighted by Crippen LogP contribution is -2.45. The zero-order chi connectivity index (χ0) is 19.2. The van der Waals surface area contributed by atoms with Gasteiger partial charge in [0.2, 0.25) is 0 Å². The van der Waals surface area contributed by atoms with Crippen molar-refractivity contribution in [2.45, 2.75) is 32.4 Å². The van der Waals surface area contributed by atoms with Crippen molar-refractivity contribution in [2.24, 2.45) is 0 Å². The second kappa shape index (κ2) is 8.68. The second-order valence-electron chi connectivity index (χ2n) is 6.63. The molecule has 0 aliphatic carbocycles. The standard InChI is InChI=1S/C21H24N2O4/c1-15-8-10-18(11-9-15)27-14-16-5-3-6-17(13-16)21(25)23-12-4-7-19(23)20(24)22-26-2/h3,5-6,8-11,13,19H,4,7,12,14H2,1-2H3,(H,22,24)/t19-/m0/s1. The van der Waals surface area contributed by atoms with Gasteiger partial charge in [0.15, 0.2) is 0 Å². The van der Waals surface area contributed by atoms with E-state index in [2.05, 4.69) is 5.48 Å². The van der Waals surface area contributed by atoms with Gasteiger partial charge >= 0.3 is 0 Å². The number of nitrogens with one attached hydrogen (secondary N) is 1. The highest BCUT2D eigenvalue weighted by atomic mass is 16.6. The molecule has 2 aromatic carbocycles. The maximum Gasteiger partial charge on any atom is 0.266 e. The van der Waals surface area contributed by atoms with Gasteiger partial charge in [-0.3, -0.25) is 14.4 Å². The number of nitrogens with zero attached hydrogens (tertiary/aromatic N) is 1. The zero-order valence-corrected chi connectivity index (χ0v) is 15.6. The van der Waals surface area contributed by atoms with E-state index in [1.54, 1.807) is 11.0 Å².